The van der Waals surface area contributed by atoms with Crippen LogP contribution in [0.2, 0.25) is 0 Å². The summed E-state index contributed by atoms with van der Waals surface area (Å²) in [5, 5.41) is 12.1. The molecule has 0 radical (unpaired) electrons. The summed E-state index contributed by atoms with van der Waals surface area (Å²) in [7, 11) is 0. The van der Waals surface area contributed by atoms with Gasteiger partial charge in [0, 0.05) is 19.3 Å². The third kappa shape index (κ3) is 5.80. The quantitative estimate of drug-likeness (QED) is 0.610. The van der Waals surface area contributed by atoms with Crippen LogP contribution in [-0.4, -0.2) is 50.2 Å². The predicted molar refractivity (Wildman–Crippen MR) is 63.6 cm³/mol. The number of aliphatic hydroxyl groups is 1. The molecule has 1 saturated heterocycles. The Bertz CT molecular complexity index is 166. The van der Waals surface area contributed by atoms with Gasteiger partial charge >= 0.3 is 0 Å². The van der Waals surface area contributed by atoms with Gasteiger partial charge in [0.2, 0.25) is 0 Å². The third-order valence-corrected chi connectivity index (χ3v) is 2.96. The zero-order valence-corrected chi connectivity index (χ0v) is 10.3. The molecule has 1 rings (SSSR count). The van der Waals surface area contributed by atoms with Crippen LogP contribution >= 0.6 is 0 Å². The van der Waals surface area contributed by atoms with E-state index < -0.39 is 0 Å². The SMILES string of the molecule is CCC1CC(NCCCOCCO)CCO1. The molecule has 0 amide bonds. The van der Waals surface area contributed by atoms with Crippen molar-refractivity contribution in [2.24, 2.45) is 0 Å². The third-order valence-electron chi connectivity index (χ3n) is 2.96. The van der Waals surface area contributed by atoms with E-state index in [4.69, 9.17) is 14.6 Å². The van der Waals surface area contributed by atoms with Crippen LogP contribution in [0.5, 0.6) is 0 Å². The molecule has 4 heteroatoms. The minimum atomic E-state index is 0.117. The number of aliphatic hydroxyl groups excluding tert-OH is 1. The van der Waals surface area contributed by atoms with Crippen molar-refractivity contribution >= 4 is 0 Å². The second kappa shape index (κ2) is 8.93. The Labute approximate surface area is 98.3 Å². The second-order valence-corrected chi connectivity index (χ2v) is 4.27. The molecule has 0 bridgehead atoms. The Morgan fingerprint density at radius 2 is 2.31 bits per heavy atom. The van der Waals surface area contributed by atoms with Crippen molar-refractivity contribution in [1.82, 2.24) is 5.32 Å². The number of ether oxygens (including phenoxy) is 2. The average Bonchev–Trinajstić information content (AvgIpc) is 2.34. The van der Waals surface area contributed by atoms with Gasteiger partial charge in [-0.25, -0.2) is 0 Å². The number of hydrogen-bond acceptors (Lipinski definition) is 4. The van der Waals surface area contributed by atoms with Crippen molar-refractivity contribution in [3.05, 3.63) is 0 Å². The molecule has 0 aromatic heterocycles. The first-order valence-electron chi connectivity index (χ1n) is 6.40. The molecule has 16 heavy (non-hydrogen) atoms. The van der Waals surface area contributed by atoms with Gasteiger partial charge in [-0.05, 0) is 32.2 Å². The Morgan fingerprint density at radius 3 is 3.06 bits per heavy atom. The van der Waals surface area contributed by atoms with E-state index in [0.29, 0.717) is 18.8 Å². The highest BCUT2D eigenvalue weighted by molar-refractivity contribution is 4.75. The lowest BCUT2D eigenvalue weighted by molar-refractivity contribution is -0.000420. The maximum Gasteiger partial charge on any atom is 0.0697 e. The Morgan fingerprint density at radius 1 is 1.44 bits per heavy atom. The second-order valence-electron chi connectivity index (χ2n) is 4.27. The van der Waals surface area contributed by atoms with Crippen LogP contribution in [0, 0.1) is 0 Å². The number of rotatable bonds is 8. The molecule has 1 aliphatic heterocycles. The van der Waals surface area contributed by atoms with Gasteiger partial charge in [-0.15, -0.1) is 0 Å². The van der Waals surface area contributed by atoms with E-state index in [2.05, 4.69) is 12.2 Å². The van der Waals surface area contributed by atoms with E-state index in [-0.39, 0.29) is 6.61 Å². The minimum Gasteiger partial charge on any atom is -0.394 e. The van der Waals surface area contributed by atoms with Gasteiger partial charge in [0.25, 0.3) is 0 Å². The van der Waals surface area contributed by atoms with Crippen molar-refractivity contribution in [2.75, 3.05) is 33.0 Å². The summed E-state index contributed by atoms with van der Waals surface area (Å²) in [4.78, 5) is 0. The van der Waals surface area contributed by atoms with E-state index in [1.165, 1.54) is 0 Å². The summed E-state index contributed by atoms with van der Waals surface area (Å²) >= 11 is 0. The van der Waals surface area contributed by atoms with E-state index in [0.717, 1.165) is 45.4 Å². The highest BCUT2D eigenvalue weighted by atomic mass is 16.5. The smallest absolute Gasteiger partial charge is 0.0697 e. The molecule has 1 fully saturated rings. The number of nitrogens with one attached hydrogen (secondary N) is 1. The van der Waals surface area contributed by atoms with E-state index in [1.54, 1.807) is 0 Å². The normalized spacial score (nSPS) is 25.9. The summed E-state index contributed by atoms with van der Waals surface area (Å²) < 4.78 is 10.8. The molecule has 0 saturated carbocycles. The molecular weight excluding hydrogens is 206 g/mol. The zero-order valence-electron chi connectivity index (χ0n) is 10.3. The molecule has 4 nitrogen and oxygen atoms in total. The van der Waals surface area contributed by atoms with Gasteiger partial charge in [-0.2, -0.15) is 0 Å². The summed E-state index contributed by atoms with van der Waals surface area (Å²) in [6, 6.07) is 0.608. The van der Waals surface area contributed by atoms with Crippen molar-refractivity contribution in [3.8, 4) is 0 Å². The lowest BCUT2D eigenvalue weighted by atomic mass is 10.0. The fraction of sp³-hybridized carbons (Fsp3) is 1.00. The fourth-order valence-corrected chi connectivity index (χ4v) is 2.00. The fourth-order valence-electron chi connectivity index (χ4n) is 2.00. The van der Waals surface area contributed by atoms with Crippen LogP contribution in [0.4, 0.5) is 0 Å². The monoisotopic (exact) mass is 231 g/mol. The van der Waals surface area contributed by atoms with Gasteiger partial charge in [-0.3, -0.25) is 0 Å². The van der Waals surface area contributed by atoms with Crippen molar-refractivity contribution in [2.45, 2.75) is 44.8 Å². The molecule has 0 aliphatic carbocycles. The maximum atomic E-state index is 8.53. The molecule has 0 spiro atoms. The first-order valence-corrected chi connectivity index (χ1v) is 6.40. The lowest BCUT2D eigenvalue weighted by Crippen LogP contribution is -2.39. The van der Waals surface area contributed by atoms with Crippen molar-refractivity contribution < 1.29 is 14.6 Å². The predicted octanol–water partition coefficient (Wildman–Crippen LogP) is 0.933. The Kier molecular flexibility index (Phi) is 7.76. The van der Waals surface area contributed by atoms with Crippen LogP contribution in [0.25, 0.3) is 0 Å². The van der Waals surface area contributed by atoms with Gasteiger partial charge in [0.1, 0.15) is 0 Å². The Balaban J connectivity index is 1.95. The summed E-state index contributed by atoms with van der Waals surface area (Å²) in [6.07, 6.45) is 4.81. The largest absolute Gasteiger partial charge is 0.394 e. The first kappa shape index (κ1) is 13.9. The lowest BCUT2D eigenvalue weighted by Gasteiger charge is -2.29. The molecule has 0 aromatic carbocycles. The molecule has 2 atom stereocenters. The topological polar surface area (TPSA) is 50.7 Å². The van der Waals surface area contributed by atoms with Crippen LogP contribution < -0.4 is 5.32 Å². The molecule has 1 aliphatic rings. The summed E-state index contributed by atoms with van der Waals surface area (Å²) in [5.74, 6) is 0. The average molecular weight is 231 g/mol. The van der Waals surface area contributed by atoms with Crippen molar-refractivity contribution in [1.29, 1.82) is 0 Å². The summed E-state index contributed by atoms with van der Waals surface area (Å²) in [6.45, 7) is 5.36. The van der Waals surface area contributed by atoms with Gasteiger partial charge in [0.15, 0.2) is 0 Å². The van der Waals surface area contributed by atoms with E-state index in [1.807, 2.05) is 0 Å². The molecule has 96 valence electrons. The highest BCUT2D eigenvalue weighted by Crippen LogP contribution is 2.15. The highest BCUT2D eigenvalue weighted by Gasteiger charge is 2.20. The van der Waals surface area contributed by atoms with Gasteiger partial charge in [0.05, 0.1) is 19.3 Å². The minimum absolute atomic E-state index is 0.117. The van der Waals surface area contributed by atoms with Crippen LogP contribution in [0.1, 0.15) is 32.6 Å². The molecular formula is C12H25NO3. The van der Waals surface area contributed by atoms with Crippen LogP contribution in [0.3, 0.4) is 0 Å². The molecule has 1 heterocycles. The standard InChI is InChI=1S/C12H25NO3/c1-2-12-10-11(4-8-16-12)13-5-3-7-15-9-6-14/h11-14H,2-10H2,1H3. The van der Waals surface area contributed by atoms with Gasteiger partial charge < -0.3 is 19.9 Å². The zero-order chi connectivity index (χ0) is 11.6. The van der Waals surface area contributed by atoms with Crippen LogP contribution in [-0.2, 0) is 9.47 Å². The van der Waals surface area contributed by atoms with E-state index in [9.17, 15) is 0 Å². The first-order chi connectivity index (χ1) is 7.86. The molecule has 2 unspecified atom stereocenters. The molecule has 0 aromatic rings. The summed E-state index contributed by atoms with van der Waals surface area (Å²) in [5.41, 5.74) is 0. The Hall–Kier alpha value is -0.160. The van der Waals surface area contributed by atoms with Crippen LogP contribution in [0.15, 0.2) is 0 Å². The van der Waals surface area contributed by atoms with Crippen molar-refractivity contribution in [3.63, 3.8) is 0 Å². The number of hydrogen-bond donors (Lipinski definition) is 2. The van der Waals surface area contributed by atoms with E-state index >= 15 is 0 Å². The molecule has 2 N–H and O–H groups in total. The van der Waals surface area contributed by atoms with Gasteiger partial charge in [-0.1, -0.05) is 6.92 Å². The maximum absolute atomic E-state index is 8.53.